The van der Waals surface area contributed by atoms with E-state index in [1.54, 1.807) is 0 Å². The van der Waals surface area contributed by atoms with Crippen LogP contribution in [-0.4, -0.2) is 56.6 Å². The zero-order valence-electron chi connectivity index (χ0n) is 20.8. The Kier molecular flexibility index (Phi) is 6.64. The lowest BCUT2D eigenvalue weighted by Gasteiger charge is -2.35. The molecule has 2 aliphatic rings. The van der Waals surface area contributed by atoms with Crippen LogP contribution in [0.2, 0.25) is 0 Å². The lowest BCUT2D eigenvalue weighted by Crippen LogP contribution is -2.46. The molecule has 0 atom stereocenters. The van der Waals surface area contributed by atoms with Crippen LogP contribution in [0.3, 0.4) is 0 Å². The fourth-order valence-electron chi connectivity index (χ4n) is 5.15. The molecule has 0 aliphatic carbocycles. The Morgan fingerprint density at radius 1 is 0.914 bits per heavy atom. The predicted octanol–water partition coefficient (Wildman–Crippen LogP) is 3.86. The van der Waals surface area contributed by atoms with Crippen molar-refractivity contribution in [1.82, 2.24) is 4.90 Å². The molecule has 3 aromatic carbocycles. The van der Waals surface area contributed by atoms with Crippen LogP contribution < -0.4 is 20.9 Å². The van der Waals surface area contributed by atoms with Gasteiger partial charge in [-0.25, -0.2) is 0 Å². The highest BCUT2D eigenvalue weighted by Crippen LogP contribution is 2.25. The van der Waals surface area contributed by atoms with Gasteiger partial charge in [-0.15, -0.1) is 0 Å². The van der Waals surface area contributed by atoms with E-state index < -0.39 is 0 Å². The number of nitrogens with zero attached hydrogens (tertiary/aromatic N) is 4. The zero-order chi connectivity index (χ0) is 24.4. The van der Waals surface area contributed by atoms with Crippen molar-refractivity contribution in [2.24, 2.45) is 9.98 Å². The number of carbonyl (C=O) groups excluding carboxylic acids is 1. The second-order valence-electron chi connectivity index (χ2n) is 9.31. The summed E-state index contributed by atoms with van der Waals surface area (Å²) in [6, 6.07) is 18.4. The standard InChI is InChI=1S/C29H33N5O.H2/c1-4-33-15-17-34(18-16-33)23-10-6-9-22(19-23)32-29(35)25-12-11-24(27-28(25)31-14-13-30-27)26-20(2)7-5-8-21(26)3;/h5-12,19H,4,13-18H2,1-3H3,(H,32,35);1H. The van der Waals surface area contributed by atoms with Gasteiger partial charge in [0.25, 0.3) is 5.91 Å². The zero-order valence-corrected chi connectivity index (χ0v) is 20.8. The number of fused-ring (bicyclic) bond motifs is 1. The first kappa shape index (κ1) is 23.2. The number of hydrogen-bond acceptors (Lipinski definition) is 5. The van der Waals surface area contributed by atoms with Crippen LogP contribution in [0.4, 0.5) is 11.4 Å². The molecule has 2 heterocycles. The van der Waals surface area contributed by atoms with E-state index in [1.165, 1.54) is 16.7 Å². The molecule has 182 valence electrons. The summed E-state index contributed by atoms with van der Waals surface area (Å²) in [5, 5.41) is 4.63. The summed E-state index contributed by atoms with van der Waals surface area (Å²) in [6.07, 6.45) is 0. The second kappa shape index (κ2) is 10.0. The average Bonchev–Trinajstić information content (AvgIpc) is 2.89. The molecule has 1 saturated heterocycles. The van der Waals surface area contributed by atoms with Gasteiger partial charge in [0.15, 0.2) is 0 Å². The summed E-state index contributed by atoms with van der Waals surface area (Å²) in [6.45, 7) is 12.9. The number of amides is 1. The molecule has 2 aliphatic heterocycles. The minimum absolute atomic E-state index is 0. The van der Waals surface area contributed by atoms with Gasteiger partial charge >= 0.3 is 0 Å². The SMILES string of the molecule is CCN1CCN(c2cccc(NC(=O)c3ccc(-c4c(C)cccc4C)c4c3=NCCN=4)c2)CC1.[HH]. The van der Waals surface area contributed by atoms with Crippen LogP contribution in [-0.2, 0) is 0 Å². The lowest BCUT2D eigenvalue weighted by molar-refractivity contribution is 0.102. The van der Waals surface area contributed by atoms with Crippen molar-refractivity contribution >= 4 is 17.3 Å². The number of likely N-dealkylation sites (N-methyl/N-ethyl adjacent to an activating group) is 1. The Morgan fingerprint density at radius 3 is 2.31 bits per heavy atom. The molecule has 3 aromatic rings. The summed E-state index contributed by atoms with van der Waals surface area (Å²) in [7, 11) is 0. The fourth-order valence-corrected chi connectivity index (χ4v) is 5.15. The molecule has 0 aromatic heterocycles. The number of piperazine rings is 1. The van der Waals surface area contributed by atoms with E-state index in [2.05, 4.69) is 66.2 Å². The van der Waals surface area contributed by atoms with Gasteiger partial charge in [0.2, 0.25) is 0 Å². The number of hydrogen-bond donors (Lipinski definition) is 1. The molecule has 1 amide bonds. The third-order valence-corrected chi connectivity index (χ3v) is 7.07. The maximum atomic E-state index is 13.4. The molecular weight excluding hydrogens is 434 g/mol. The second-order valence-corrected chi connectivity index (χ2v) is 9.31. The number of carbonyl (C=O) groups is 1. The highest BCUT2D eigenvalue weighted by atomic mass is 16.1. The summed E-state index contributed by atoms with van der Waals surface area (Å²) in [5.74, 6) is -0.150. The van der Waals surface area contributed by atoms with Gasteiger partial charge in [0.1, 0.15) is 0 Å². The lowest BCUT2D eigenvalue weighted by atomic mass is 9.94. The molecule has 5 rings (SSSR count). The van der Waals surface area contributed by atoms with Crippen LogP contribution in [0, 0.1) is 13.8 Å². The molecule has 0 spiro atoms. The molecule has 0 radical (unpaired) electrons. The number of nitrogens with one attached hydrogen (secondary N) is 1. The van der Waals surface area contributed by atoms with Crippen molar-refractivity contribution in [2.75, 3.05) is 56.0 Å². The topological polar surface area (TPSA) is 60.3 Å². The molecule has 6 heteroatoms. The number of aryl methyl sites for hydroxylation is 2. The van der Waals surface area contributed by atoms with Gasteiger partial charge in [0.05, 0.1) is 29.4 Å². The van der Waals surface area contributed by atoms with Gasteiger partial charge in [-0.1, -0.05) is 37.3 Å². The van der Waals surface area contributed by atoms with E-state index in [0.29, 0.717) is 24.0 Å². The van der Waals surface area contributed by atoms with Crippen LogP contribution in [0.15, 0.2) is 64.6 Å². The Labute approximate surface area is 208 Å². The molecule has 1 fully saturated rings. The van der Waals surface area contributed by atoms with Gasteiger partial charge in [0, 0.05) is 44.5 Å². The van der Waals surface area contributed by atoms with Gasteiger partial charge in [-0.3, -0.25) is 14.8 Å². The van der Waals surface area contributed by atoms with E-state index in [4.69, 9.17) is 9.98 Å². The van der Waals surface area contributed by atoms with Crippen LogP contribution in [0.25, 0.3) is 11.1 Å². The van der Waals surface area contributed by atoms with Crippen LogP contribution in [0.1, 0.15) is 29.8 Å². The largest absolute Gasteiger partial charge is 0.369 e. The molecule has 35 heavy (non-hydrogen) atoms. The van der Waals surface area contributed by atoms with Crippen molar-refractivity contribution in [3.8, 4) is 11.1 Å². The van der Waals surface area contributed by atoms with E-state index in [-0.39, 0.29) is 7.33 Å². The maximum absolute atomic E-state index is 13.4. The van der Waals surface area contributed by atoms with E-state index in [1.807, 2.05) is 24.3 Å². The molecule has 0 saturated carbocycles. The van der Waals surface area contributed by atoms with Crippen molar-refractivity contribution < 1.29 is 6.22 Å². The van der Waals surface area contributed by atoms with Crippen molar-refractivity contribution in [2.45, 2.75) is 20.8 Å². The summed E-state index contributed by atoms with van der Waals surface area (Å²) >= 11 is 0. The Balaban J connectivity index is 0.00000304. The third kappa shape index (κ3) is 4.71. The first-order chi connectivity index (χ1) is 17.0. The summed E-state index contributed by atoms with van der Waals surface area (Å²) in [5.41, 5.74) is 7.12. The molecule has 0 bridgehead atoms. The van der Waals surface area contributed by atoms with Crippen molar-refractivity contribution in [3.63, 3.8) is 0 Å². The molecule has 0 unspecified atom stereocenters. The van der Waals surface area contributed by atoms with Gasteiger partial charge < -0.3 is 15.1 Å². The van der Waals surface area contributed by atoms with Crippen LogP contribution >= 0.6 is 0 Å². The van der Waals surface area contributed by atoms with Crippen molar-refractivity contribution in [3.05, 3.63) is 82.0 Å². The smallest absolute Gasteiger partial charge is 0.257 e. The predicted molar refractivity (Wildman–Crippen MR) is 144 cm³/mol. The first-order valence-corrected chi connectivity index (χ1v) is 12.5. The maximum Gasteiger partial charge on any atom is 0.257 e. The number of rotatable bonds is 5. The van der Waals surface area contributed by atoms with E-state index in [0.717, 1.165) is 55.0 Å². The first-order valence-electron chi connectivity index (χ1n) is 12.5. The Morgan fingerprint density at radius 2 is 1.60 bits per heavy atom. The molecule has 6 nitrogen and oxygen atoms in total. The third-order valence-electron chi connectivity index (χ3n) is 7.07. The number of anilines is 2. The van der Waals surface area contributed by atoms with Gasteiger partial charge in [-0.2, -0.15) is 0 Å². The quantitative estimate of drug-likeness (QED) is 0.617. The fraction of sp³-hybridized carbons (Fsp3) is 0.345. The minimum atomic E-state index is -0.150. The monoisotopic (exact) mass is 469 g/mol. The van der Waals surface area contributed by atoms with Crippen molar-refractivity contribution in [1.29, 1.82) is 0 Å². The molecule has 1 N–H and O–H groups in total. The highest BCUT2D eigenvalue weighted by molar-refractivity contribution is 6.04. The van der Waals surface area contributed by atoms with E-state index in [9.17, 15) is 4.79 Å². The minimum Gasteiger partial charge on any atom is -0.369 e. The Bertz CT molecular complexity index is 1360. The van der Waals surface area contributed by atoms with Gasteiger partial charge in [-0.05, 0) is 61.3 Å². The Hall–Kier alpha value is -3.51. The normalized spacial score (nSPS) is 15.7. The average molecular weight is 470 g/mol. The highest BCUT2D eigenvalue weighted by Gasteiger charge is 2.19. The van der Waals surface area contributed by atoms with E-state index >= 15 is 0 Å². The summed E-state index contributed by atoms with van der Waals surface area (Å²) < 4.78 is 0. The molecular formula is C29H35N5O. The number of benzene rings is 3. The summed E-state index contributed by atoms with van der Waals surface area (Å²) in [4.78, 5) is 27.8. The van der Waals surface area contributed by atoms with Crippen LogP contribution in [0.5, 0.6) is 0 Å².